The molecule has 1 aliphatic heterocycles. The van der Waals surface area contributed by atoms with E-state index in [0.29, 0.717) is 0 Å². The molecule has 1 unspecified atom stereocenters. The molecule has 2 N–H and O–H groups in total. The lowest BCUT2D eigenvalue weighted by Crippen LogP contribution is -2.21. The van der Waals surface area contributed by atoms with E-state index >= 15 is 0 Å². The van der Waals surface area contributed by atoms with Crippen molar-refractivity contribution in [3.05, 3.63) is 229 Å². The average Bonchev–Trinajstić information content (AvgIpc) is 3.63. The van der Waals surface area contributed by atoms with Gasteiger partial charge in [0.2, 0.25) is 0 Å². The Labute approximate surface area is 337 Å². The Morgan fingerprint density at radius 1 is 0.448 bits per heavy atom. The van der Waals surface area contributed by atoms with Crippen LogP contribution in [0.25, 0.3) is 60.5 Å². The van der Waals surface area contributed by atoms with Gasteiger partial charge in [0, 0.05) is 49.9 Å². The minimum atomic E-state index is -0.211. The van der Waals surface area contributed by atoms with Crippen LogP contribution in [0.4, 0.5) is 17.1 Å². The zero-order valence-electron chi connectivity index (χ0n) is 31.7. The van der Waals surface area contributed by atoms with Gasteiger partial charge >= 0.3 is 0 Å². The summed E-state index contributed by atoms with van der Waals surface area (Å²) in [7, 11) is 0. The van der Waals surface area contributed by atoms with Gasteiger partial charge < -0.3 is 15.2 Å². The maximum absolute atomic E-state index is 5.36. The van der Waals surface area contributed by atoms with Gasteiger partial charge in [0.25, 0.3) is 0 Å². The molecule has 11 rings (SSSR count). The molecule has 0 spiro atoms. The highest BCUT2D eigenvalue weighted by molar-refractivity contribution is 6.21. The van der Waals surface area contributed by atoms with Gasteiger partial charge in [0.05, 0.1) is 22.4 Å². The number of fused-ring (bicyclic) bond motifs is 6. The predicted octanol–water partition coefficient (Wildman–Crippen LogP) is 14.0. The topological polar surface area (TPSA) is 41.4 Å². The molecule has 1 aliphatic rings. The molecule has 0 bridgehead atoms. The Balaban J connectivity index is 0.992. The van der Waals surface area contributed by atoms with Gasteiger partial charge in [-0.15, -0.1) is 0 Å². The Morgan fingerprint density at radius 3 is 1.97 bits per heavy atom. The van der Waals surface area contributed by atoms with Crippen LogP contribution in [0.3, 0.4) is 0 Å². The van der Waals surface area contributed by atoms with Crippen LogP contribution in [0.15, 0.2) is 217 Å². The lowest BCUT2D eigenvalue weighted by Gasteiger charge is -2.28. The van der Waals surface area contributed by atoms with Crippen molar-refractivity contribution in [2.24, 2.45) is 4.99 Å². The summed E-state index contributed by atoms with van der Waals surface area (Å²) < 4.78 is 2.36. The molecule has 4 heteroatoms. The maximum Gasteiger partial charge on any atom is 0.145 e. The third-order valence-electron chi connectivity index (χ3n) is 11.4. The van der Waals surface area contributed by atoms with E-state index in [9.17, 15) is 0 Å². The van der Waals surface area contributed by atoms with E-state index in [-0.39, 0.29) is 6.17 Å². The van der Waals surface area contributed by atoms with Crippen LogP contribution in [0.5, 0.6) is 0 Å². The minimum absolute atomic E-state index is 0.211. The molecule has 10 aromatic rings. The molecule has 274 valence electrons. The van der Waals surface area contributed by atoms with Crippen molar-refractivity contribution in [3.8, 4) is 27.9 Å². The largest absolute Gasteiger partial charge is 0.359 e. The van der Waals surface area contributed by atoms with Crippen molar-refractivity contribution in [2.45, 2.75) is 6.17 Å². The minimum Gasteiger partial charge on any atom is -0.359 e. The standard InChI is InChI=1S/C54H38N4/c1-4-15-36(16-5-1)47-34-39(40-29-32-51-48(35-40)45-25-12-13-26-50(45)58(51)43-22-8-3-9-23-43)28-31-49(47)55-42-21-14-20-41(33-42)52-46-30-27-37-17-10-11-24-44(37)53(46)57-54(56-52)38-18-6-2-7-19-38/h1-35,54-55,57H. The number of hydrogen-bond donors (Lipinski definition) is 2. The summed E-state index contributed by atoms with van der Waals surface area (Å²) in [5.41, 5.74) is 15.6. The van der Waals surface area contributed by atoms with Crippen molar-refractivity contribution in [1.82, 2.24) is 4.57 Å². The van der Waals surface area contributed by atoms with E-state index < -0.39 is 0 Å². The first kappa shape index (κ1) is 33.6. The second-order valence-corrected chi connectivity index (χ2v) is 14.9. The summed E-state index contributed by atoms with van der Waals surface area (Å²) in [5, 5.41) is 12.5. The van der Waals surface area contributed by atoms with Gasteiger partial charge in [0.1, 0.15) is 6.17 Å². The smallest absolute Gasteiger partial charge is 0.145 e. The summed E-state index contributed by atoms with van der Waals surface area (Å²) in [6, 6.07) is 75.7. The number of hydrogen-bond acceptors (Lipinski definition) is 3. The number of aliphatic imine (C=N–C) groups is 1. The molecule has 58 heavy (non-hydrogen) atoms. The number of nitrogens with one attached hydrogen (secondary N) is 2. The lowest BCUT2D eigenvalue weighted by atomic mass is 9.93. The number of nitrogens with zero attached hydrogens (tertiary/aromatic N) is 2. The van der Waals surface area contributed by atoms with Crippen LogP contribution in [-0.2, 0) is 0 Å². The van der Waals surface area contributed by atoms with E-state index in [0.717, 1.165) is 61.8 Å². The van der Waals surface area contributed by atoms with Crippen LogP contribution in [-0.4, -0.2) is 10.3 Å². The van der Waals surface area contributed by atoms with Crippen LogP contribution in [0.1, 0.15) is 22.9 Å². The molecule has 1 atom stereocenters. The molecule has 0 saturated carbocycles. The molecule has 0 fully saturated rings. The second-order valence-electron chi connectivity index (χ2n) is 14.9. The van der Waals surface area contributed by atoms with E-state index in [1.165, 1.54) is 38.1 Å². The third-order valence-corrected chi connectivity index (χ3v) is 11.4. The van der Waals surface area contributed by atoms with E-state index in [2.05, 4.69) is 228 Å². The third kappa shape index (κ3) is 5.91. The number of benzene rings is 9. The summed E-state index contributed by atoms with van der Waals surface area (Å²) in [4.78, 5) is 5.36. The van der Waals surface area contributed by atoms with Crippen LogP contribution >= 0.6 is 0 Å². The Kier molecular flexibility index (Phi) is 8.18. The molecule has 0 amide bonds. The van der Waals surface area contributed by atoms with Crippen LogP contribution < -0.4 is 10.6 Å². The highest BCUT2D eigenvalue weighted by Crippen LogP contribution is 2.40. The summed E-state index contributed by atoms with van der Waals surface area (Å²) >= 11 is 0. The lowest BCUT2D eigenvalue weighted by molar-refractivity contribution is 0.830. The number of anilines is 3. The SMILES string of the molecule is c1ccc(-c2cc(-c3ccc4c(c3)c3ccccc3n4-c3ccccc3)ccc2Nc2cccc(C3=NC(c4ccccc4)Nc4c3ccc3ccccc43)c2)cc1. The van der Waals surface area contributed by atoms with E-state index in [1.807, 2.05) is 0 Å². The number of para-hydroxylation sites is 2. The average molecular weight is 743 g/mol. The van der Waals surface area contributed by atoms with Gasteiger partial charge in [-0.1, -0.05) is 158 Å². The normalized spacial score (nSPS) is 13.6. The van der Waals surface area contributed by atoms with Gasteiger partial charge in [-0.05, 0) is 82.2 Å². The van der Waals surface area contributed by atoms with Gasteiger partial charge in [-0.2, -0.15) is 0 Å². The van der Waals surface area contributed by atoms with Crippen molar-refractivity contribution in [1.29, 1.82) is 0 Å². The molecule has 1 aromatic heterocycles. The Hall–Kier alpha value is -7.69. The quantitative estimate of drug-likeness (QED) is 0.171. The molecular weight excluding hydrogens is 705 g/mol. The first-order valence-corrected chi connectivity index (χ1v) is 19.8. The zero-order chi connectivity index (χ0) is 38.4. The summed E-state index contributed by atoms with van der Waals surface area (Å²) in [6.07, 6.45) is -0.211. The predicted molar refractivity (Wildman–Crippen MR) is 244 cm³/mol. The highest BCUT2D eigenvalue weighted by atomic mass is 15.1. The number of aromatic nitrogens is 1. The molecule has 2 heterocycles. The molecule has 0 radical (unpaired) electrons. The zero-order valence-corrected chi connectivity index (χ0v) is 31.7. The van der Waals surface area contributed by atoms with Crippen molar-refractivity contribution < 1.29 is 0 Å². The second kappa shape index (κ2) is 14.1. The monoisotopic (exact) mass is 742 g/mol. The summed E-state index contributed by atoms with van der Waals surface area (Å²) in [5.74, 6) is 0. The maximum atomic E-state index is 5.36. The fourth-order valence-corrected chi connectivity index (χ4v) is 8.61. The highest BCUT2D eigenvalue weighted by Gasteiger charge is 2.25. The van der Waals surface area contributed by atoms with Gasteiger partial charge in [-0.25, -0.2) is 0 Å². The van der Waals surface area contributed by atoms with Crippen molar-refractivity contribution in [3.63, 3.8) is 0 Å². The number of rotatable bonds is 7. The Bertz CT molecular complexity index is 3160. The Morgan fingerprint density at radius 2 is 1.12 bits per heavy atom. The van der Waals surface area contributed by atoms with E-state index in [4.69, 9.17) is 4.99 Å². The van der Waals surface area contributed by atoms with E-state index in [1.54, 1.807) is 0 Å². The van der Waals surface area contributed by atoms with Gasteiger partial charge in [-0.3, -0.25) is 4.99 Å². The van der Waals surface area contributed by atoms with Crippen LogP contribution in [0.2, 0.25) is 0 Å². The first-order valence-electron chi connectivity index (χ1n) is 19.8. The molecule has 9 aromatic carbocycles. The van der Waals surface area contributed by atoms with Crippen molar-refractivity contribution in [2.75, 3.05) is 10.6 Å². The van der Waals surface area contributed by atoms with Gasteiger partial charge in [0.15, 0.2) is 0 Å². The fraction of sp³-hybridized carbons (Fsp3) is 0.0185. The molecule has 4 nitrogen and oxygen atoms in total. The first-order chi connectivity index (χ1) is 28.7. The van der Waals surface area contributed by atoms with Crippen LogP contribution in [0, 0.1) is 0 Å². The van der Waals surface area contributed by atoms with Crippen molar-refractivity contribution >= 4 is 55.4 Å². The summed E-state index contributed by atoms with van der Waals surface area (Å²) in [6.45, 7) is 0. The molecule has 0 saturated heterocycles. The fourth-order valence-electron chi connectivity index (χ4n) is 8.61. The molecular formula is C54H38N4. The molecule has 0 aliphatic carbocycles.